The van der Waals surface area contributed by atoms with Gasteiger partial charge in [-0.3, -0.25) is 4.79 Å². The Morgan fingerprint density at radius 3 is 2.62 bits per heavy atom. The third-order valence-corrected chi connectivity index (χ3v) is 2.93. The highest BCUT2D eigenvalue weighted by Gasteiger charge is 2.27. The second-order valence-corrected chi connectivity index (χ2v) is 4.45. The normalized spacial score (nSPS) is 23.6. The van der Waals surface area contributed by atoms with Crippen LogP contribution < -0.4 is 5.32 Å². The minimum Gasteiger partial charge on any atom is -0.508 e. The quantitative estimate of drug-likeness (QED) is 0.710. The largest absolute Gasteiger partial charge is 0.508 e. The van der Waals surface area contributed by atoms with Gasteiger partial charge in [-0.05, 0) is 30.9 Å². The Balaban J connectivity index is 2.03. The molecule has 1 aliphatic rings. The molecule has 16 heavy (non-hydrogen) atoms. The fraction of sp³-hybridized carbons (Fsp3) is 0.417. The van der Waals surface area contributed by atoms with Crippen molar-refractivity contribution in [2.24, 2.45) is 5.92 Å². The van der Waals surface area contributed by atoms with Gasteiger partial charge in [-0.2, -0.15) is 0 Å². The van der Waals surface area contributed by atoms with Crippen LogP contribution in [0.2, 0.25) is 0 Å². The van der Waals surface area contributed by atoms with Gasteiger partial charge < -0.3 is 15.5 Å². The number of carbonyl (C=O) groups excluding carboxylic acids is 1. The minimum absolute atomic E-state index is 0.0497. The number of phenolic OH excluding ortho intramolecular Hbond substituents is 2. The number of nitrogens with one attached hydrogen (secondary N) is 1. The molecule has 0 saturated heterocycles. The van der Waals surface area contributed by atoms with E-state index in [-0.39, 0.29) is 29.0 Å². The van der Waals surface area contributed by atoms with Gasteiger partial charge in [0.15, 0.2) is 0 Å². The fourth-order valence-corrected chi connectivity index (χ4v) is 2.00. The summed E-state index contributed by atoms with van der Waals surface area (Å²) >= 11 is 0. The molecular weight excluding hydrogens is 206 g/mol. The Morgan fingerprint density at radius 2 is 2.06 bits per heavy atom. The smallest absolute Gasteiger partial charge is 0.255 e. The molecule has 0 atom stereocenters. The fourth-order valence-electron chi connectivity index (χ4n) is 2.00. The minimum atomic E-state index is -0.283. The second kappa shape index (κ2) is 4.04. The molecule has 1 saturated carbocycles. The summed E-state index contributed by atoms with van der Waals surface area (Å²) in [7, 11) is 0. The highest BCUT2D eigenvalue weighted by Crippen LogP contribution is 2.28. The Bertz CT molecular complexity index is 411. The lowest BCUT2D eigenvalue weighted by molar-refractivity contribution is 0.0893. The van der Waals surface area contributed by atoms with E-state index in [2.05, 4.69) is 12.2 Å². The van der Waals surface area contributed by atoms with Crippen molar-refractivity contribution in [1.82, 2.24) is 5.32 Å². The Kier molecular flexibility index (Phi) is 2.73. The monoisotopic (exact) mass is 221 g/mol. The van der Waals surface area contributed by atoms with Crippen LogP contribution in [0, 0.1) is 5.92 Å². The number of rotatable bonds is 2. The number of carbonyl (C=O) groups is 1. The maximum atomic E-state index is 11.7. The summed E-state index contributed by atoms with van der Waals surface area (Å²) in [6, 6.07) is 4.19. The third-order valence-electron chi connectivity index (χ3n) is 2.93. The van der Waals surface area contributed by atoms with Crippen molar-refractivity contribution in [2.75, 3.05) is 0 Å². The Labute approximate surface area is 93.9 Å². The summed E-state index contributed by atoms with van der Waals surface area (Å²) in [6.07, 6.45) is 1.98. The SMILES string of the molecule is CC1CC(NC(=O)c2ccc(O)cc2O)C1. The standard InChI is InChI=1S/C12H15NO3/c1-7-4-8(5-7)13-12(16)10-3-2-9(14)6-11(10)15/h2-3,6-8,14-15H,4-5H2,1H3,(H,13,16). The highest BCUT2D eigenvalue weighted by atomic mass is 16.3. The first-order chi connectivity index (χ1) is 7.56. The van der Waals surface area contributed by atoms with E-state index in [9.17, 15) is 9.90 Å². The first-order valence-electron chi connectivity index (χ1n) is 5.39. The lowest BCUT2D eigenvalue weighted by Crippen LogP contribution is -2.43. The molecule has 0 aromatic heterocycles. The summed E-state index contributed by atoms with van der Waals surface area (Å²) in [6.45, 7) is 2.14. The summed E-state index contributed by atoms with van der Waals surface area (Å²) < 4.78 is 0. The van der Waals surface area contributed by atoms with Crippen LogP contribution in [-0.4, -0.2) is 22.2 Å². The van der Waals surface area contributed by atoms with Crippen LogP contribution in [0.1, 0.15) is 30.1 Å². The summed E-state index contributed by atoms with van der Waals surface area (Å²) in [4.78, 5) is 11.7. The maximum Gasteiger partial charge on any atom is 0.255 e. The molecule has 4 nitrogen and oxygen atoms in total. The number of amides is 1. The number of phenols is 2. The van der Waals surface area contributed by atoms with Gasteiger partial charge >= 0.3 is 0 Å². The summed E-state index contributed by atoms with van der Waals surface area (Å²) in [5, 5.41) is 21.4. The molecule has 3 N–H and O–H groups in total. The Morgan fingerprint density at radius 1 is 1.38 bits per heavy atom. The average Bonchev–Trinajstić information content (AvgIpc) is 2.15. The number of hydrogen-bond donors (Lipinski definition) is 3. The van der Waals surface area contributed by atoms with Gasteiger partial charge in [-0.15, -0.1) is 0 Å². The molecule has 1 aromatic carbocycles. The van der Waals surface area contributed by atoms with Crippen LogP contribution in [0.25, 0.3) is 0 Å². The van der Waals surface area contributed by atoms with Crippen molar-refractivity contribution in [2.45, 2.75) is 25.8 Å². The van der Waals surface area contributed by atoms with Gasteiger partial charge in [0, 0.05) is 12.1 Å². The summed E-state index contributed by atoms with van der Waals surface area (Å²) in [5.74, 6) is 0.143. The van der Waals surface area contributed by atoms with E-state index in [0.717, 1.165) is 18.9 Å². The third kappa shape index (κ3) is 2.10. The molecule has 4 heteroatoms. The number of hydrogen-bond acceptors (Lipinski definition) is 3. The van der Waals surface area contributed by atoms with Crippen LogP contribution in [0.4, 0.5) is 0 Å². The van der Waals surface area contributed by atoms with Gasteiger partial charge in [0.25, 0.3) is 5.91 Å². The zero-order valence-corrected chi connectivity index (χ0v) is 9.10. The van der Waals surface area contributed by atoms with Crippen LogP contribution in [0.5, 0.6) is 11.5 Å². The van der Waals surface area contributed by atoms with Gasteiger partial charge in [0.2, 0.25) is 0 Å². The topological polar surface area (TPSA) is 69.6 Å². The molecule has 1 aliphatic carbocycles. The molecule has 0 aliphatic heterocycles. The van der Waals surface area contributed by atoms with Crippen LogP contribution >= 0.6 is 0 Å². The predicted molar refractivity (Wildman–Crippen MR) is 59.4 cm³/mol. The van der Waals surface area contributed by atoms with E-state index in [0.29, 0.717) is 5.92 Å². The van der Waals surface area contributed by atoms with E-state index < -0.39 is 0 Å². The van der Waals surface area contributed by atoms with Crippen LogP contribution in [0.3, 0.4) is 0 Å². The maximum absolute atomic E-state index is 11.7. The van der Waals surface area contributed by atoms with E-state index in [1.165, 1.54) is 12.1 Å². The van der Waals surface area contributed by atoms with Crippen molar-refractivity contribution < 1.29 is 15.0 Å². The lowest BCUT2D eigenvalue weighted by atomic mass is 9.82. The van der Waals surface area contributed by atoms with E-state index in [4.69, 9.17) is 5.11 Å². The molecule has 1 fully saturated rings. The first-order valence-corrected chi connectivity index (χ1v) is 5.39. The van der Waals surface area contributed by atoms with Gasteiger partial charge in [0.1, 0.15) is 11.5 Å². The molecule has 0 bridgehead atoms. The zero-order valence-electron chi connectivity index (χ0n) is 9.10. The van der Waals surface area contributed by atoms with E-state index in [1.54, 1.807) is 0 Å². The zero-order chi connectivity index (χ0) is 11.7. The lowest BCUT2D eigenvalue weighted by Gasteiger charge is -2.33. The highest BCUT2D eigenvalue weighted by molar-refractivity contribution is 5.97. The molecule has 0 unspecified atom stereocenters. The predicted octanol–water partition coefficient (Wildman–Crippen LogP) is 1.63. The van der Waals surface area contributed by atoms with Crippen molar-refractivity contribution >= 4 is 5.91 Å². The van der Waals surface area contributed by atoms with Gasteiger partial charge in [-0.1, -0.05) is 6.92 Å². The second-order valence-electron chi connectivity index (χ2n) is 4.45. The molecular formula is C12H15NO3. The Hall–Kier alpha value is -1.71. The van der Waals surface area contributed by atoms with Crippen molar-refractivity contribution in [3.05, 3.63) is 23.8 Å². The molecule has 0 spiro atoms. The molecule has 1 amide bonds. The van der Waals surface area contributed by atoms with E-state index >= 15 is 0 Å². The van der Waals surface area contributed by atoms with Crippen molar-refractivity contribution in [1.29, 1.82) is 0 Å². The summed E-state index contributed by atoms with van der Waals surface area (Å²) in [5.41, 5.74) is 0.206. The van der Waals surface area contributed by atoms with Crippen molar-refractivity contribution in [3.8, 4) is 11.5 Å². The number of benzene rings is 1. The van der Waals surface area contributed by atoms with Crippen LogP contribution in [0.15, 0.2) is 18.2 Å². The van der Waals surface area contributed by atoms with Crippen molar-refractivity contribution in [3.63, 3.8) is 0 Å². The van der Waals surface area contributed by atoms with Gasteiger partial charge in [-0.25, -0.2) is 0 Å². The molecule has 0 radical (unpaired) electrons. The molecule has 2 rings (SSSR count). The van der Waals surface area contributed by atoms with Crippen LogP contribution in [-0.2, 0) is 0 Å². The van der Waals surface area contributed by atoms with Gasteiger partial charge in [0.05, 0.1) is 5.56 Å². The average molecular weight is 221 g/mol. The molecule has 86 valence electrons. The molecule has 0 heterocycles. The number of aromatic hydroxyl groups is 2. The molecule has 1 aromatic rings. The van der Waals surface area contributed by atoms with E-state index in [1.807, 2.05) is 0 Å². The first kappa shape index (κ1) is 10.8.